The molecule has 0 bridgehead atoms. The number of anilines is 1. The molecule has 1 atom stereocenters. The molecule has 3 nitrogen and oxygen atoms in total. The van der Waals surface area contributed by atoms with Crippen LogP contribution in [-0.4, -0.2) is 17.1 Å². The number of allylic oxidation sites excluding steroid dienone is 1. The number of rotatable bonds is 3. The monoisotopic (exact) mass is 235 g/mol. The van der Waals surface area contributed by atoms with Crippen molar-refractivity contribution in [1.82, 2.24) is 0 Å². The quantitative estimate of drug-likeness (QED) is 0.792. The molecule has 90 valence electrons. The van der Waals surface area contributed by atoms with Crippen LogP contribution < -0.4 is 5.32 Å². The van der Waals surface area contributed by atoms with E-state index in [2.05, 4.69) is 17.5 Å². The minimum Gasteiger partial charge on any atom is -0.478 e. The van der Waals surface area contributed by atoms with Crippen molar-refractivity contribution in [3.05, 3.63) is 41.7 Å². The minimum atomic E-state index is -1.24. The molecule has 17 heavy (non-hydrogen) atoms. The van der Waals surface area contributed by atoms with Gasteiger partial charge in [0.1, 0.15) is 5.82 Å². The maximum absolute atomic E-state index is 13.4. The number of carboxylic acids is 1. The number of aromatic carboxylic acids is 1. The van der Waals surface area contributed by atoms with E-state index in [0.29, 0.717) is 11.7 Å². The molecule has 0 aliphatic heterocycles. The van der Waals surface area contributed by atoms with E-state index in [1.807, 2.05) is 0 Å². The van der Waals surface area contributed by atoms with E-state index >= 15 is 0 Å². The lowest BCUT2D eigenvalue weighted by Crippen LogP contribution is -2.20. The third-order valence-corrected chi connectivity index (χ3v) is 2.84. The third kappa shape index (κ3) is 2.84. The van der Waals surface area contributed by atoms with Crippen molar-refractivity contribution in [2.45, 2.75) is 25.3 Å². The Morgan fingerprint density at radius 2 is 2.24 bits per heavy atom. The number of benzene rings is 1. The van der Waals surface area contributed by atoms with Crippen LogP contribution in [0.5, 0.6) is 0 Å². The molecule has 2 rings (SSSR count). The average molecular weight is 235 g/mol. The van der Waals surface area contributed by atoms with Crippen molar-refractivity contribution >= 4 is 11.7 Å². The van der Waals surface area contributed by atoms with Gasteiger partial charge < -0.3 is 10.4 Å². The highest BCUT2D eigenvalue weighted by Crippen LogP contribution is 2.19. The number of halogens is 1. The number of nitrogens with one attached hydrogen (secondary N) is 1. The summed E-state index contributed by atoms with van der Waals surface area (Å²) in [6, 6.07) is 4.43. The molecule has 1 aromatic rings. The SMILES string of the molecule is O=C(O)c1ccc(NC2CC=CCC2)cc1F. The molecule has 0 amide bonds. The second kappa shape index (κ2) is 4.99. The van der Waals surface area contributed by atoms with Crippen LogP contribution in [0.4, 0.5) is 10.1 Å². The van der Waals surface area contributed by atoms with Gasteiger partial charge in [0.05, 0.1) is 5.56 Å². The molecule has 4 heteroatoms. The van der Waals surface area contributed by atoms with Gasteiger partial charge in [-0.15, -0.1) is 0 Å². The van der Waals surface area contributed by atoms with Crippen LogP contribution in [0.25, 0.3) is 0 Å². The van der Waals surface area contributed by atoms with Gasteiger partial charge in [0.15, 0.2) is 0 Å². The van der Waals surface area contributed by atoms with Gasteiger partial charge in [-0.2, -0.15) is 0 Å². The lowest BCUT2D eigenvalue weighted by atomic mass is 10.0. The molecular weight excluding hydrogens is 221 g/mol. The summed E-state index contributed by atoms with van der Waals surface area (Å²) in [7, 11) is 0. The van der Waals surface area contributed by atoms with Crippen LogP contribution in [0, 0.1) is 5.82 Å². The Bertz CT molecular complexity index is 457. The van der Waals surface area contributed by atoms with Gasteiger partial charge in [-0.1, -0.05) is 12.2 Å². The zero-order valence-electron chi connectivity index (χ0n) is 9.32. The molecular formula is C13H14FNO2. The Kier molecular flexibility index (Phi) is 3.42. The molecule has 0 saturated heterocycles. The van der Waals surface area contributed by atoms with E-state index in [-0.39, 0.29) is 5.56 Å². The van der Waals surface area contributed by atoms with Crippen LogP contribution in [0.3, 0.4) is 0 Å². The summed E-state index contributed by atoms with van der Waals surface area (Å²) in [5.41, 5.74) is 0.340. The van der Waals surface area contributed by atoms with Gasteiger partial charge in [0.25, 0.3) is 0 Å². The van der Waals surface area contributed by atoms with E-state index in [9.17, 15) is 9.18 Å². The Labute approximate surface area is 99.0 Å². The van der Waals surface area contributed by atoms with Crippen LogP contribution in [0.2, 0.25) is 0 Å². The molecule has 1 aliphatic rings. The first-order chi connectivity index (χ1) is 8.16. The third-order valence-electron chi connectivity index (χ3n) is 2.84. The van der Waals surface area contributed by atoms with Crippen LogP contribution in [0.15, 0.2) is 30.4 Å². The number of carbonyl (C=O) groups is 1. The van der Waals surface area contributed by atoms with Crippen molar-refractivity contribution in [2.24, 2.45) is 0 Å². The molecule has 1 aromatic carbocycles. The summed E-state index contributed by atoms with van der Waals surface area (Å²) in [5, 5.41) is 11.9. The van der Waals surface area contributed by atoms with Crippen LogP contribution in [0.1, 0.15) is 29.6 Å². The topological polar surface area (TPSA) is 49.3 Å². The molecule has 0 radical (unpaired) electrons. The second-order valence-electron chi connectivity index (χ2n) is 4.13. The van der Waals surface area contributed by atoms with Crippen molar-refractivity contribution < 1.29 is 14.3 Å². The highest BCUT2D eigenvalue weighted by atomic mass is 19.1. The van der Waals surface area contributed by atoms with Gasteiger partial charge >= 0.3 is 5.97 Å². The Morgan fingerprint density at radius 3 is 2.82 bits per heavy atom. The Morgan fingerprint density at radius 1 is 1.41 bits per heavy atom. The molecule has 1 aliphatic carbocycles. The van der Waals surface area contributed by atoms with Gasteiger partial charge in [0.2, 0.25) is 0 Å². The average Bonchev–Trinajstić information content (AvgIpc) is 2.30. The highest BCUT2D eigenvalue weighted by molar-refractivity contribution is 5.88. The first-order valence-corrected chi connectivity index (χ1v) is 5.61. The molecule has 1 unspecified atom stereocenters. The summed E-state index contributed by atoms with van der Waals surface area (Å²) < 4.78 is 13.4. The van der Waals surface area contributed by atoms with Crippen LogP contribution >= 0.6 is 0 Å². The molecule has 0 saturated carbocycles. The van der Waals surface area contributed by atoms with E-state index in [4.69, 9.17) is 5.11 Å². The zero-order chi connectivity index (χ0) is 12.3. The molecule has 0 spiro atoms. The fraction of sp³-hybridized carbons (Fsp3) is 0.308. The Hall–Kier alpha value is -1.84. The van der Waals surface area contributed by atoms with Gasteiger partial charge in [-0.3, -0.25) is 0 Å². The van der Waals surface area contributed by atoms with Crippen molar-refractivity contribution in [1.29, 1.82) is 0 Å². The van der Waals surface area contributed by atoms with Gasteiger partial charge in [-0.05, 0) is 37.5 Å². The van der Waals surface area contributed by atoms with E-state index < -0.39 is 11.8 Å². The lowest BCUT2D eigenvalue weighted by Gasteiger charge is -2.20. The van der Waals surface area contributed by atoms with Crippen molar-refractivity contribution in [3.63, 3.8) is 0 Å². The summed E-state index contributed by atoms with van der Waals surface area (Å²) in [4.78, 5) is 10.7. The highest BCUT2D eigenvalue weighted by Gasteiger charge is 2.13. The maximum atomic E-state index is 13.4. The first-order valence-electron chi connectivity index (χ1n) is 5.61. The first kappa shape index (κ1) is 11.6. The summed E-state index contributed by atoms with van der Waals surface area (Å²) in [5.74, 6) is -1.94. The van der Waals surface area contributed by atoms with Crippen molar-refractivity contribution in [3.8, 4) is 0 Å². The second-order valence-corrected chi connectivity index (χ2v) is 4.13. The van der Waals surface area contributed by atoms with Crippen LogP contribution in [-0.2, 0) is 0 Å². The minimum absolute atomic E-state index is 0.293. The molecule has 0 heterocycles. The molecule has 0 fully saturated rings. The van der Waals surface area contributed by atoms with E-state index in [1.54, 1.807) is 6.07 Å². The van der Waals surface area contributed by atoms with E-state index in [0.717, 1.165) is 19.3 Å². The Balaban J connectivity index is 2.09. The summed E-state index contributed by atoms with van der Waals surface area (Å²) >= 11 is 0. The van der Waals surface area contributed by atoms with Gasteiger partial charge in [-0.25, -0.2) is 9.18 Å². The smallest absolute Gasteiger partial charge is 0.338 e. The maximum Gasteiger partial charge on any atom is 0.338 e. The fourth-order valence-electron chi connectivity index (χ4n) is 1.94. The lowest BCUT2D eigenvalue weighted by molar-refractivity contribution is 0.0692. The summed E-state index contributed by atoms with van der Waals surface area (Å²) in [6.07, 6.45) is 7.18. The van der Waals surface area contributed by atoms with Crippen molar-refractivity contribution in [2.75, 3.05) is 5.32 Å². The normalized spacial score (nSPS) is 19.0. The van der Waals surface area contributed by atoms with E-state index in [1.165, 1.54) is 12.1 Å². The number of hydrogen-bond acceptors (Lipinski definition) is 2. The number of hydrogen-bond donors (Lipinski definition) is 2. The zero-order valence-corrected chi connectivity index (χ0v) is 9.32. The standard InChI is InChI=1S/C13H14FNO2/c14-12-8-10(6-7-11(12)13(16)17)15-9-4-2-1-3-5-9/h1-2,6-9,15H,3-5H2,(H,16,17). The van der Waals surface area contributed by atoms with Gasteiger partial charge in [0, 0.05) is 11.7 Å². The predicted molar refractivity (Wildman–Crippen MR) is 63.8 cm³/mol. The predicted octanol–water partition coefficient (Wildman–Crippen LogP) is 3.04. The fourth-order valence-corrected chi connectivity index (χ4v) is 1.94. The summed E-state index contributed by atoms with van der Waals surface area (Å²) in [6.45, 7) is 0. The molecule has 0 aromatic heterocycles. The number of carboxylic acid groups (broad SMARTS) is 1. The molecule has 2 N–H and O–H groups in total. The largest absolute Gasteiger partial charge is 0.478 e.